The molecule has 0 saturated carbocycles. The molecule has 2 heterocycles. The Morgan fingerprint density at radius 3 is 2.45 bits per heavy atom. The van der Waals surface area contributed by atoms with Crippen LogP contribution in [0.3, 0.4) is 0 Å². The standard InChI is InChI=1S/C21H25N5O3/c1-11-7-12(2)19(13(3)8-11)25-20(28)16(6)29-18(27)9-17-14(4)24-21-22-10-23-26(21)15(17)5/h7-8,10,16H,9H2,1-6H3,(H,25,28)/t16-/m1/s1. The molecule has 1 aromatic carbocycles. The molecule has 0 aliphatic rings. The smallest absolute Gasteiger partial charge is 0.311 e. The Labute approximate surface area is 169 Å². The molecule has 0 radical (unpaired) electrons. The molecule has 2 aromatic heterocycles. The number of nitrogens with zero attached hydrogens (tertiary/aromatic N) is 4. The fourth-order valence-corrected chi connectivity index (χ4v) is 3.45. The third kappa shape index (κ3) is 4.26. The van der Waals surface area contributed by atoms with Crippen molar-refractivity contribution in [2.24, 2.45) is 0 Å². The van der Waals surface area contributed by atoms with E-state index in [-0.39, 0.29) is 12.3 Å². The van der Waals surface area contributed by atoms with E-state index in [0.717, 1.165) is 28.1 Å². The number of rotatable bonds is 5. The summed E-state index contributed by atoms with van der Waals surface area (Å²) in [6.07, 6.45) is 0.491. The van der Waals surface area contributed by atoms with Crippen LogP contribution in [-0.4, -0.2) is 37.6 Å². The molecule has 8 nitrogen and oxygen atoms in total. The highest BCUT2D eigenvalue weighted by Crippen LogP contribution is 2.22. The molecular formula is C21H25N5O3. The Kier molecular flexibility index (Phi) is 5.63. The fourth-order valence-electron chi connectivity index (χ4n) is 3.45. The molecule has 3 rings (SSSR count). The summed E-state index contributed by atoms with van der Waals surface area (Å²) in [7, 11) is 0. The number of nitrogens with one attached hydrogen (secondary N) is 1. The van der Waals surface area contributed by atoms with E-state index in [1.165, 1.54) is 6.33 Å². The topological polar surface area (TPSA) is 98.5 Å². The van der Waals surface area contributed by atoms with E-state index in [1.54, 1.807) is 11.4 Å². The number of aryl methyl sites for hydroxylation is 5. The molecule has 3 aromatic rings. The Hall–Kier alpha value is -3.29. The van der Waals surface area contributed by atoms with Crippen LogP contribution in [0.25, 0.3) is 5.78 Å². The van der Waals surface area contributed by atoms with Gasteiger partial charge in [-0.15, -0.1) is 0 Å². The van der Waals surface area contributed by atoms with Crippen molar-refractivity contribution in [2.75, 3.05) is 5.32 Å². The van der Waals surface area contributed by atoms with Gasteiger partial charge < -0.3 is 10.1 Å². The van der Waals surface area contributed by atoms with Crippen LogP contribution in [0.1, 0.15) is 40.6 Å². The van der Waals surface area contributed by atoms with Crippen molar-refractivity contribution < 1.29 is 14.3 Å². The van der Waals surface area contributed by atoms with Gasteiger partial charge in [0.1, 0.15) is 6.33 Å². The number of hydrogen-bond acceptors (Lipinski definition) is 6. The summed E-state index contributed by atoms with van der Waals surface area (Å²) in [5.74, 6) is -0.391. The van der Waals surface area contributed by atoms with Gasteiger partial charge in [0.2, 0.25) is 0 Å². The lowest BCUT2D eigenvalue weighted by Gasteiger charge is -2.17. The van der Waals surface area contributed by atoms with E-state index < -0.39 is 12.1 Å². The zero-order chi connectivity index (χ0) is 21.3. The van der Waals surface area contributed by atoms with Crippen LogP contribution in [0.2, 0.25) is 0 Å². The summed E-state index contributed by atoms with van der Waals surface area (Å²) in [5, 5.41) is 6.98. The highest BCUT2D eigenvalue weighted by atomic mass is 16.5. The van der Waals surface area contributed by atoms with Crippen LogP contribution in [0.15, 0.2) is 18.5 Å². The molecule has 0 aliphatic carbocycles. The van der Waals surface area contributed by atoms with E-state index in [2.05, 4.69) is 20.4 Å². The monoisotopic (exact) mass is 395 g/mol. The van der Waals surface area contributed by atoms with Crippen molar-refractivity contribution in [2.45, 2.75) is 54.1 Å². The highest BCUT2D eigenvalue weighted by Gasteiger charge is 2.21. The van der Waals surface area contributed by atoms with Gasteiger partial charge in [0.15, 0.2) is 6.10 Å². The number of esters is 1. The first kappa shape index (κ1) is 20.4. The van der Waals surface area contributed by atoms with Crippen LogP contribution in [-0.2, 0) is 20.7 Å². The lowest BCUT2D eigenvalue weighted by Crippen LogP contribution is -2.31. The molecule has 1 N–H and O–H groups in total. The number of aromatic nitrogens is 4. The molecule has 0 aliphatic heterocycles. The number of carbonyl (C=O) groups excluding carboxylic acids is 2. The molecule has 29 heavy (non-hydrogen) atoms. The van der Waals surface area contributed by atoms with Crippen LogP contribution in [0.4, 0.5) is 5.69 Å². The number of ether oxygens (including phenoxy) is 1. The average molecular weight is 395 g/mol. The van der Waals surface area contributed by atoms with E-state index in [9.17, 15) is 9.59 Å². The van der Waals surface area contributed by atoms with Gasteiger partial charge in [-0.05, 0) is 52.7 Å². The first-order valence-corrected chi connectivity index (χ1v) is 9.41. The van der Waals surface area contributed by atoms with Gasteiger partial charge in [-0.1, -0.05) is 17.7 Å². The van der Waals surface area contributed by atoms with Gasteiger partial charge >= 0.3 is 5.97 Å². The summed E-state index contributed by atoms with van der Waals surface area (Å²) < 4.78 is 6.95. The van der Waals surface area contributed by atoms with Crippen molar-refractivity contribution in [3.63, 3.8) is 0 Å². The summed E-state index contributed by atoms with van der Waals surface area (Å²) in [4.78, 5) is 33.4. The molecule has 8 heteroatoms. The largest absolute Gasteiger partial charge is 0.452 e. The second-order valence-corrected chi connectivity index (χ2v) is 7.30. The first-order valence-electron chi connectivity index (χ1n) is 9.41. The van der Waals surface area contributed by atoms with Crippen LogP contribution < -0.4 is 5.32 Å². The summed E-state index contributed by atoms with van der Waals surface area (Å²) >= 11 is 0. The number of carbonyl (C=O) groups is 2. The number of hydrogen-bond donors (Lipinski definition) is 1. The van der Waals surface area contributed by atoms with Crippen molar-refractivity contribution >= 4 is 23.3 Å². The van der Waals surface area contributed by atoms with E-state index in [4.69, 9.17) is 4.74 Å². The summed E-state index contributed by atoms with van der Waals surface area (Å²) in [6.45, 7) is 11.1. The third-order valence-electron chi connectivity index (χ3n) is 4.91. The number of amides is 1. The van der Waals surface area contributed by atoms with Gasteiger partial charge in [-0.3, -0.25) is 9.59 Å². The molecule has 0 bridgehead atoms. The van der Waals surface area contributed by atoms with E-state index in [1.807, 2.05) is 46.8 Å². The van der Waals surface area contributed by atoms with Crippen LogP contribution in [0.5, 0.6) is 0 Å². The van der Waals surface area contributed by atoms with Gasteiger partial charge in [0.05, 0.1) is 6.42 Å². The molecule has 0 unspecified atom stereocenters. The summed E-state index contributed by atoms with van der Waals surface area (Å²) in [5.41, 5.74) is 5.97. The van der Waals surface area contributed by atoms with Crippen molar-refractivity contribution in [1.82, 2.24) is 19.6 Å². The number of anilines is 1. The SMILES string of the molecule is Cc1cc(C)c(NC(=O)[C@@H](C)OC(=O)Cc2c(C)nc3ncnn3c2C)c(C)c1. The van der Waals surface area contributed by atoms with Crippen LogP contribution in [0, 0.1) is 34.6 Å². The first-order chi connectivity index (χ1) is 13.7. The Morgan fingerprint density at radius 2 is 1.79 bits per heavy atom. The summed E-state index contributed by atoms with van der Waals surface area (Å²) in [6, 6.07) is 4.00. The molecule has 0 fully saturated rings. The predicted molar refractivity (Wildman–Crippen MR) is 109 cm³/mol. The minimum atomic E-state index is -0.925. The van der Waals surface area contributed by atoms with E-state index in [0.29, 0.717) is 17.0 Å². The lowest BCUT2D eigenvalue weighted by molar-refractivity contribution is -0.152. The molecule has 0 spiro atoms. The molecule has 0 saturated heterocycles. The van der Waals surface area contributed by atoms with Crippen molar-refractivity contribution in [1.29, 1.82) is 0 Å². The van der Waals surface area contributed by atoms with E-state index >= 15 is 0 Å². The zero-order valence-corrected chi connectivity index (χ0v) is 17.5. The Bertz CT molecular complexity index is 1080. The maximum atomic E-state index is 12.5. The lowest BCUT2D eigenvalue weighted by atomic mass is 10.0. The molecular weight excluding hydrogens is 370 g/mol. The average Bonchev–Trinajstić information content (AvgIpc) is 3.09. The molecule has 1 amide bonds. The quantitative estimate of drug-likeness (QED) is 0.667. The zero-order valence-electron chi connectivity index (χ0n) is 17.5. The Morgan fingerprint density at radius 1 is 1.14 bits per heavy atom. The second-order valence-electron chi connectivity index (χ2n) is 7.30. The van der Waals surface area contributed by atoms with Gasteiger partial charge in [0, 0.05) is 22.6 Å². The maximum absolute atomic E-state index is 12.5. The predicted octanol–water partition coefficient (Wildman–Crippen LogP) is 2.78. The number of fused-ring (bicyclic) bond motifs is 1. The van der Waals surface area contributed by atoms with Crippen molar-refractivity contribution in [3.8, 4) is 0 Å². The third-order valence-corrected chi connectivity index (χ3v) is 4.91. The fraction of sp³-hybridized carbons (Fsp3) is 0.381. The highest BCUT2D eigenvalue weighted by molar-refractivity contribution is 5.96. The number of benzene rings is 1. The minimum absolute atomic E-state index is 0.000669. The van der Waals surface area contributed by atoms with Gasteiger partial charge in [0.25, 0.3) is 11.7 Å². The molecule has 152 valence electrons. The second kappa shape index (κ2) is 7.98. The minimum Gasteiger partial charge on any atom is -0.452 e. The van der Waals surface area contributed by atoms with Crippen molar-refractivity contribution in [3.05, 3.63) is 52.1 Å². The molecule has 1 atom stereocenters. The van der Waals surface area contributed by atoms with Gasteiger partial charge in [-0.25, -0.2) is 9.50 Å². The van der Waals surface area contributed by atoms with Gasteiger partial charge in [-0.2, -0.15) is 10.1 Å². The maximum Gasteiger partial charge on any atom is 0.311 e. The normalized spacial score (nSPS) is 12.1. The Balaban J connectivity index is 1.69. The van der Waals surface area contributed by atoms with Crippen LogP contribution >= 0.6 is 0 Å².